The van der Waals surface area contributed by atoms with E-state index in [4.69, 9.17) is 4.74 Å². The number of aliphatic hydroxyl groups is 1. The highest BCUT2D eigenvalue weighted by Crippen LogP contribution is 2.21. The van der Waals surface area contributed by atoms with Crippen LogP contribution in [0.2, 0.25) is 0 Å². The Kier molecular flexibility index (Phi) is 8.74. The Morgan fingerprint density at radius 2 is 1.75 bits per heavy atom. The molecule has 0 heterocycles. The molecule has 0 bridgehead atoms. The molecule has 0 saturated carbocycles. The van der Waals surface area contributed by atoms with Crippen LogP contribution in [0.25, 0.3) is 0 Å². The molecular formula is C16H32NO3+. The van der Waals surface area contributed by atoms with Crippen LogP contribution in [0.4, 0.5) is 0 Å². The first-order chi connectivity index (χ1) is 9.34. The highest BCUT2D eigenvalue weighted by molar-refractivity contribution is 5.86. The Morgan fingerprint density at radius 3 is 2.10 bits per heavy atom. The Labute approximate surface area is 124 Å². The van der Waals surface area contributed by atoms with E-state index in [1.165, 1.54) is 0 Å². The molecule has 1 N–H and O–H groups in total. The smallest absolute Gasteiger partial charge is 0.333 e. The van der Waals surface area contributed by atoms with Crippen molar-refractivity contribution < 1.29 is 19.1 Å². The molecule has 0 aromatic rings. The Hall–Kier alpha value is -0.870. The van der Waals surface area contributed by atoms with Crippen LogP contribution < -0.4 is 0 Å². The molecule has 0 aliphatic carbocycles. The van der Waals surface area contributed by atoms with E-state index in [1.54, 1.807) is 6.92 Å². The number of likely N-dealkylation sites (N-methyl/N-ethyl adjacent to an activating group) is 1. The van der Waals surface area contributed by atoms with E-state index in [9.17, 15) is 9.90 Å². The predicted octanol–water partition coefficient (Wildman–Crippen LogP) is 2.51. The minimum Gasteiger partial charge on any atom is -0.462 e. The zero-order valence-corrected chi connectivity index (χ0v) is 13.8. The van der Waals surface area contributed by atoms with Gasteiger partial charge in [0.05, 0.1) is 26.2 Å². The molecule has 4 heteroatoms. The molecule has 2 unspecified atom stereocenters. The molecular weight excluding hydrogens is 254 g/mol. The number of carbonyl (C=O) groups is 1. The molecule has 0 aromatic heterocycles. The van der Waals surface area contributed by atoms with Crippen LogP contribution >= 0.6 is 0 Å². The summed E-state index contributed by atoms with van der Waals surface area (Å²) in [4.78, 5) is 11.3. The van der Waals surface area contributed by atoms with Crippen LogP contribution in [0, 0.1) is 0 Å². The van der Waals surface area contributed by atoms with Crippen LogP contribution in [0.15, 0.2) is 12.2 Å². The van der Waals surface area contributed by atoms with Crippen molar-refractivity contribution >= 4 is 5.97 Å². The van der Waals surface area contributed by atoms with Gasteiger partial charge < -0.3 is 14.3 Å². The van der Waals surface area contributed by atoms with E-state index < -0.39 is 0 Å². The maximum absolute atomic E-state index is 11.3. The molecule has 20 heavy (non-hydrogen) atoms. The zero-order chi connectivity index (χ0) is 15.8. The van der Waals surface area contributed by atoms with Gasteiger partial charge in [-0.3, -0.25) is 0 Å². The zero-order valence-electron chi connectivity index (χ0n) is 13.8. The minimum atomic E-state index is -0.355. The van der Waals surface area contributed by atoms with Gasteiger partial charge in [0, 0.05) is 12.0 Å². The summed E-state index contributed by atoms with van der Waals surface area (Å²) >= 11 is 0. The van der Waals surface area contributed by atoms with Gasteiger partial charge in [-0.05, 0) is 41.0 Å². The summed E-state index contributed by atoms with van der Waals surface area (Å²) in [7, 11) is 0. The monoisotopic (exact) mass is 286 g/mol. The number of nitrogens with zero attached hydrogens (tertiary/aromatic N) is 1. The van der Waals surface area contributed by atoms with Crippen molar-refractivity contribution in [2.24, 2.45) is 0 Å². The quantitative estimate of drug-likeness (QED) is 0.290. The van der Waals surface area contributed by atoms with Gasteiger partial charge in [-0.25, -0.2) is 4.79 Å². The van der Waals surface area contributed by atoms with E-state index in [0.29, 0.717) is 12.2 Å². The lowest BCUT2D eigenvalue weighted by Crippen LogP contribution is -2.59. The minimum absolute atomic E-state index is 0.193. The molecule has 118 valence electrons. The maximum Gasteiger partial charge on any atom is 0.333 e. The van der Waals surface area contributed by atoms with Gasteiger partial charge in [0.25, 0.3) is 0 Å². The molecule has 0 aromatic carbocycles. The van der Waals surface area contributed by atoms with Crippen LogP contribution in [0.5, 0.6) is 0 Å². The number of esters is 1. The molecule has 0 saturated heterocycles. The molecule has 0 fully saturated rings. The molecule has 0 amide bonds. The van der Waals surface area contributed by atoms with Crippen LogP contribution in [0.1, 0.15) is 47.5 Å². The summed E-state index contributed by atoms with van der Waals surface area (Å²) < 4.78 is 6.03. The molecule has 4 nitrogen and oxygen atoms in total. The number of carbonyl (C=O) groups excluding carboxylic acids is 1. The van der Waals surface area contributed by atoms with E-state index in [2.05, 4.69) is 27.4 Å². The van der Waals surface area contributed by atoms with Crippen molar-refractivity contribution in [3.8, 4) is 0 Å². The molecule has 2 atom stereocenters. The SMILES string of the molecule is C=C(C)C(=O)OCCCC(C(C)O)[N+](CC)(CC)CC. The summed E-state index contributed by atoms with van der Waals surface area (Å²) in [6.45, 7) is 17.0. The normalized spacial score (nSPS) is 14.7. The Bertz CT molecular complexity index is 301. The molecule has 0 rings (SSSR count). The van der Waals surface area contributed by atoms with Gasteiger partial charge in [-0.1, -0.05) is 6.58 Å². The lowest BCUT2D eigenvalue weighted by Gasteiger charge is -2.44. The summed E-state index contributed by atoms with van der Waals surface area (Å²) in [5, 5.41) is 10.1. The number of ether oxygens (including phenoxy) is 1. The van der Waals surface area contributed by atoms with Crippen LogP contribution in [-0.4, -0.2) is 53.9 Å². The second-order valence-electron chi connectivity index (χ2n) is 5.53. The van der Waals surface area contributed by atoms with Gasteiger partial charge >= 0.3 is 5.97 Å². The van der Waals surface area contributed by atoms with Crippen molar-refractivity contribution in [3.05, 3.63) is 12.2 Å². The molecule has 0 radical (unpaired) electrons. The van der Waals surface area contributed by atoms with Gasteiger partial charge in [-0.2, -0.15) is 0 Å². The second kappa shape index (κ2) is 9.14. The van der Waals surface area contributed by atoms with Gasteiger partial charge in [0.2, 0.25) is 0 Å². The van der Waals surface area contributed by atoms with E-state index >= 15 is 0 Å². The fourth-order valence-corrected chi connectivity index (χ4v) is 2.93. The van der Waals surface area contributed by atoms with Crippen molar-refractivity contribution in [1.29, 1.82) is 0 Å². The third-order valence-corrected chi connectivity index (χ3v) is 4.38. The summed E-state index contributed by atoms with van der Waals surface area (Å²) in [5.41, 5.74) is 0.429. The van der Waals surface area contributed by atoms with Gasteiger partial charge in [0.15, 0.2) is 0 Å². The average molecular weight is 286 g/mol. The van der Waals surface area contributed by atoms with Crippen molar-refractivity contribution in [2.45, 2.75) is 59.6 Å². The lowest BCUT2D eigenvalue weighted by molar-refractivity contribution is -0.950. The number of quaternary nitrogens is 1. The second-order valence-corrected chi connectivity index (χ2v) is 5.53. The van der Waals surface area contributed by atoms with E-state index in [-0.39, 0.29) is 18.1 Å². The number of hydrogen-bond acceptors (Lipinski definition) is 3. The summed E-state index contributed by atoms with van der Waals surface area (Å²) in [5.74, 6) is -0.333. The van der Waals surface area contributed by atoms with Crippen molar-refractivity contribution in [2.75, 3.05) is 26.2 Å². The van der Waals surface area contributed by atoms with Gasteiger partial charge in [0.1, 0.15) is 12.1 Å². The molecule has 0 aliphatic heterocycles. The standard InChI is InChI=1S/C16H32NO3/c1-7-17(8-2,9-3)15(14(6)18)11-10-12-20-16(19)13(4)5/h14-15,18H,4,7-12H2,1-3,5-6H3/q+1. The highest BCUT2D eigenvalue weighted by Gasteiger charge is 2.35. The first-order valence-corrected chi connectivity index (χ1v) is 7.71. The number of aliphatic hydroxyl groups excluding tert-OH is 1. The number of rotatable bonds is 10. The van der Waals surface area contributed by atoms with Crippen LogP contribution in [-0.2, 0) is 9.53 Å². The van der Waals surface area contributed by atoms with E-state index in [0.717, 1.165) is 37.0 Å². The third-order valence-electron chi connectivity index (χ3n) is 4.38. The third kappa shape index (κ3) is 5.25. The maximum atomic E-state index is 11.3. The largest absolute Gasteiger partial charge is 0.462 e. The summed E-state index contributed by atoms with van der Waals surface area (Å²) in [6.07, 6.45) is 1.28. The predicted molar refractivity (Wildman–Crippen MR) is 82.4 cm³/mol. The Balaban J connectivity index is 4.49. The summed E-state index contributed by atoms with van der Waals surface area (Å²) in [6, 6.07) is 0.193. The fraction of sp³-hybridized carbons (Fsp3) is 0.812. The van der Waals surface area contributed by atoms with E-state index in [1.807, 2.05) is 6.92 Å². The lowest BCUT2D eigenvalue weighted by atomic mass is 10.0. The fourth-order valence-electron chi connectivity index (χ4n) is 2.93. The first kappa shape index (κ1) is 19.1. The molecule has 0 aliphatic rings. The van der Waals surface area contributed by atoms with Gasteiger partial charge in [-0.15, -0.1) is 0 Å². The van der Waals surface area contributed by atoms with Crippen molar-refractivity contribution in [3.63, 3.8) is 0 Å². The van der Waals surface area contributed by atoms with Crippen LogP contribution in [0.3, 0.4) is 0 Å². The molecule has 0 spiro atoms. The highest BCUT2D eigenvalue weighted by atomic mass is 16.5. The average Bonchev–Trinajstić information content (AvgIpc) is 2.42. The number of hydrogen-bond donors (Lipinski definition) is 1. The first-order valence-electron chi connectivity index (χ1n) is 7.71. The Morgan fingerprint density at radius 1 is 1.25 bits per heavy atom. The van der Waals surface area contributed by atoms with Crippen molar-refractivity contribution in [1.82, 2.24) is 0 Å². The topological polar surface area (TPSA) is 46.5 Å².